The van der Waals surface area contributed by atoms with Gasteiger partial charge in [0.2, 0.25) is 0 Å². The average molecular weight is 312 g/mol. The molecule has 3 nitrogen and oxygen atoms in total. The highest BCUT2D eigenvalue weighted by atomic mass is 79.9. The Hall–Kier alpha value is -0.940. The van der Waals surface area contributed by atoms with Gasteiger partial charge in [-0.25, -0.2) is 0 Å². The minimum Gasteiger partial charge on any atom is -0.272 e. The zero-order valence-electron chi connectivity index (χ0n) is 10.0. The molecule has 1 heterocycles. The Kier molecular flexibility index (Phi) is 3.49. The van der Waals surface area contributed by atoms with E-state index in [1.165, 1.54) is 11.1 Å². The molecule has 0 bridgehead atoms. The predicted molar refractivity (Wildman–Crippen MR) is 75.3 cm³/mol. The van der Waals surface area contributed by atoms with Crippen LogP contribution in [0.15, 0.2) is 16.6 Å². The maximum absolute atomic E-state index is 5.27. The van der Waals surface area contributed by atoms with Crippen LogP contribution in [-0.4, -0.2) is 14.8 Å². The van der Waals surface area contributed by atoms with Gasteiger partial charge in [-0.1, -0.05) is 22.9 Å². The number of hydrogen-bond acceptors (Lipinski definition) is 2. The van der Waals surface area contributed by atoms with E-state index in [1.807, 2.05) is 4.57 Å². The molecule has 0 unspecified atom stereocenters. The lowest BCUT2D eigenvalue weighted by molar-refractivity contribution is 0.878. The summed E-state index contributed by atoms with van der Waals surface area (Å²) in [6.45, 7) is 6.23. The summed E-state index contributed by atoms with van der Waals surface area (Å²) < 4.78 is 3.78. The van der Waals surface area contributed by atoms with Crippen molar-refractivity contribution >= 4 is 28.1 Å². The topological polar surface area (TPSA) is 33.6 Å². The molecule has 0 saturated carbocycles. The summed E-state index contributed by atoms with van der Waals surface area (Å²) in [4.78, 5) is 0. The third-order valence-electron chi connectivity index (χ3n) is 2.74. The van der Waals surface area contributed by atoms with Gasteiger partial charge in [-0.15, -0.1) is 0 Å². The van der Waals surface area contributed by atoms with Gasteiger partial charge in [0.15, 0.2) is 4.77 Å². The molecule has 1 aromatic carbocycles. The van der Waals surface area contributed by atoms with E-state index in [4.69, 9.17) is 12.2 Å². The highest BCUT2D eigenvalue weighted by Crippen LogP contribution is 2.25. The highest BCUT2D eigenvalue weighted by molar-refractivity contribution is 9.10. The van der Waals surface area contributed by atoms with Crippen LogP contribution >= 0.6 is 28.1 Å². The summed E-state index contributed by atoms with van der Waals surface area (Å²) in [6.07, 6.45) is 0.849. The van der Waals surface area contributed by atoms with E-state index < -0.39 is 0 Å². The molecule has 2 rings (SSSR count). The molecular weight excluding hydrogens is 298 g/mol. The SMILES string of the molecule is CCc1n[nH]c(=S)n1-c1cc(C)c(Br)c(C)c1. The Labute approximate surface area is 114 Å². The van der Waals surface area contributed by atoms with E-state index in [0.29, 0.717) is 4.77 Å². The molecule has 0 radical (unpaired) electrons. The van der Waals surface area contributed by atoms with Gasteiger partial charge in [-0.2, -0.15) is 5.10 Å². The molecule has 0 atom stereocenters. The predicted octanol–water partition coefficient (Wildman–Crippen LogP) is 3.87. The second-order valence-electron chi connectivity index (χ2n) is 4.03. The number of aromatic nitrogens is 3. The molecule has 0 saturated heterocycles. The van der Waals surface area contributed by atoms with Crippen molar-refractivity contribution in [1.82, 2.24) is 14.8 Å². The van der Waals surface area contributed by atoms with Crippen molar-refractivity contribution in [2.75, 3.05) is 0 Å². The third-order valence-corrected chi connectivity index (χ3v) is 4.26. The molecule has 1 N–H and O–H groups in total. The highest BCUT2D eigenvalue weighted by Gasteiger charge is 2.09. The van der Waals surface area contributed by atoms with Gasteiger partial charge in [-0.05, 0) is 49.3 Å². The Morgan fingerprint density at radius 1 is 1.35 bits per heavy atom. The zero-order valence-corrected chi connectivity index (χ0v) is 12.4. The van der Waals surface area contributed by atoms with Crippen LogP contribution in [0.2, 0.25) is 0 Å². The van der Waals surface area contributed by atoms with Crippen LogP contribution in [0, 0.1) is 18.6 Å². The van der Waals surface area contributed by atoms with Crippen LogP contribution in [0.3, 0.4) is 0 Å². The fourth-order valence-electron chi connectivity index (χ4n) is 1.89. The molecule has 0 aliphatic carbocycles. The summed E-state index contributed by atoms with van der Waals surface area (Å²) in [6, 6.07) is 4.23. The maximum Gasteiger partial charge on any atom is 0.199 e. The van der Waals surface area contributed by atoms with E-state index in [0.717, 1.165) is 22.4 Å². The average Bonchev–Trinajstić information content (AvgIpc) is 2.66. The van der Waals surface area contributed by atoms with Crippen molar-refractivity contribution in [3.8, 4) is 5.69 Å². The fourth-order valence-corrected chi connectivity index (χ4v) is 2.37. The van der Waals surface area contributed by atoms with Crippen molar-refractivity contribution in [3.05, 3.63) is 38.3 Å². The normalized spacial score (nSPS) is 10.8. The van der Waals surface area contributed by atoms with Crippen molar-refractivity contribution < 1.29 is 0 Å². The smallest absolute Gasteiger partial charge is 0.199 e. The number of hydrogen-bond donors (Lipinski definition) is 1. The van der Waals surface area contributed by atoms with Crippen LogP contribution in [-0.2, 0) is 6.42 Å². The molecular formula is C12H14BrN3S. The largest absolute Gasteiger partial charge is 0.272 e. The molecule has 0 aliphatic heterocycles. The quantitative estimate of drug-likeness (QED) is 0.854. The number of aryl methyl sites for hydroxylation is 3. The fraction of sp³-hybridized carbons (Fsp3) is 0.333. The van der Waals surface area contributed by atoms with Gasteiger partial charge < -0.3 is 0 Å². The zero-order chi connectivity index (χ0) is 12.6. The first-order valence-corrected chi connectivity index (χ1v) is 6.68. The summed E-state index contributed by atoms with van der Waals surface area (Å²) in [7, 11) is 0. The van der Waals surface area contributed by atoms with Crippen LogP contribution in [0.4, 0.5) is 0 Å². The van der Waals surface area contributed by atoms with E-state index in [1.54, 1.807) is 0 Å². The van der Waals surface area contributed by atoms with E-state index in [-0.39, 0.29) is 0 Å². The summed E-state index contributed by atoms with van der Waals surface area (Å²) in [5, 5.41) is 7.07. The molecule has 90 valence electrons. The van der Waals surface area contributed by atoms with Gasteiger partial charge >= 0.3 is 0 Å². The maximum atomic E-state index is 5.27. The molecule has 5 heteroatoms. The number of nitrogens with zero attached hydrogens (tertiary/aromatic N) is 2. The minimum absolute atomic E-state index is 0.642. The van der Waals surface area contributed by atoms with Crippen molar-refractivity contribution in [1.29, 1.82) is 0 Å². The Morgan fingerprint density at radius 3 is 2.47 bits per heavy atom. The monoisotopic (exact) mass is 311 g/mol. The lowest BCUT2D eigenvalue weighted by atomic mass is 10.1. The first-order valence-electron chi connectivity index (χ1n) is 5.48. The number of nitrogens with one attached hydrogen (secondary N) is 1. The second-order valence-corrected chi connectivity index (χ2v) is 5.21. The number of H-pyrrole nitrogens is 1. The first kappa shape index (κ1) is 12.5. The van der Waals surface area contributed by atoms with E-state index >= 15 is 0 Å². The standard InChI is InChI=1S/C12H14BrN3S/c1-4-10-14-15-12(17)16(10)9-5-7(2)11(13)8(3)6-9/h5-6H,4H2,1-3H3,(H,15,17). The molecule has 0 fully saturated rings. The summed E-state index contributed by atoms with van der Waals surface area (Å²) >= 11 is 8.85. The summed E-state index contributed by atoms with van der Waals surface area (Å²) in [5.74, 6) is 0.955. The van der Waals surface area contributed by atoms with Crippen molar-refractivity contribution in [2.24, 2.45) is 0 Å². The van der Waals surface area contributed by atoms with Gasteiger partial charge in [0.1, 0.15) is 5.82 Å². The molecule has 2 aromatic rings. The second kappa shape index (κ2) is 4.74. The molecule has 0 spiro atoms. The number of rotatable bonds is 2. The van der Waals surface area contributed by atoms with Crippen LogP contribution < -0.4 is 0 Å². The van der Waals surface area contributed by atoms with Crippen LogP contribution in [0.1, 0.15) is 23.9 Å². The van der Waals surface area contributed by atoms with Crippen LogP contribution in [0.5, 0.6) is 0 Å². The third kappa shape index (κ3) is 2.21. The van der Waals surface area contributed by atoms with Gasteiger partial charge in [0, 0.05) is 10.9 Å². The van der Waals surface area contributed by atoms with Gasteiger partial charge in [-0.3, -0.25) is 9.67 Å². The number of aromatic amines is 1. The lowest BCUT2D eigenvalue weighted by Gasteiger charge is -2.10. The molecule has 1 aromatic heterocycles. The molecule has 17 heavy (non-hydrogen) atoms. The molecule has 0 aliphatic rings. The van der Waals surface area contributed by atoms with E-state index in [9.17, 15) is 0 Å². The van der Waals surface area contributed by atoms with E-state index in [2.05, 4.69) is 59.0 Å². The van der Waals surface area contributed by atoms with Crippen molar-refractivity contribution in [2.45, 2.75) is 27.2 Å². The van der Waals surface area contributed by atoms with Gasteiger partial charge in [0.05, 0.1) is 5.69 Å². The number of halogens is 1. The first-order chi connectivity index (χ1) is 8.04. The Bertz CT molecular complexity index is 589. The Morgan fingerprint density at radius 2 is 1.94 bits per heavy atom. The Balaban J connectivity index is 2.69. The number of benzene rings is 1. The minimum atomic E-state index is 0.642. The van der Waals surface area contributed by atoms with Gasteiger partial charge in [0.25, 0.3) is 0 Å². The lowest BCUT2D eigenvalue weighted by Crippen LogP contribution is -2.01. The van der Waals surface area contributed by atoms with Crippen LogP contribution in [0.25, 0.3) is 5.69 Å². The molecule has 0 amide bonds. The van der Waals surface area contributed by atoms with Crippen molar-refractivity contribution in [3.63, 3.8) is 0 Å². The summed E-state index contributed by atoms with van der Waals surface area (Å²) in [5.41, 5.74) is 3.47.